The highest BCUT2D eigenvalue weighted by molar-refractivity contribution is 5.87. The average molecular weight is 291 g/mol. The quantitative estimate of drug-likeness (QED) is 0.826. The third-order valence-electron chi connectivity index (χ3n) is 3.28. The normalized spacial score (nSPS) is 11.8. The number of hydrogen-bond donors (Lipinski definition) is 1. The minimum atomic E-state index is 0.181. The maximum absolute atomic E-state index is 10.6. The smallest absolute Gasteiger partial charge is 0.163 e. The van der Waals surface area contributed by atoms with E-state index >= 15 is 0 Å². The molecule has 0 aliphatic heterocycles. The average Bonchev–Trinajstić information content (AvgIpc) is 2.84. The first kappa shape index (κ1) is 17.1. The Morgan fingerprint density at radius 3 is 2.67 bits per heavy atom. The highest BCUT2D eigenvalue weighted by atomic mass is 16.1. The lowest BCUT2D eigenvalue weighted by molar-refractivity contribution is -0.108. The predicted molar refractivity (Wildman–Crippen MR) is 85.1 cm³/mol. The molecule has 0 aliphatic carbocycles. The molecule has 2 N–H and O–H groups in total. The van der Waals surface area contributed by atoms with Gasteiger partial charge in [-0.3, -0.25) is 0 Å². The van der Waals surface area contributed by atoms with Gasteiger partial charge in [0.25, 0.3) is 0 Å². The fourth-order valence-corrected chi connectivity index (χ4v) is 2.41. The van der Waals surface area contributed by atoms with Gasteiger partial charge in [0, 0.05) is 6.42 Å². The van der Waals surface area contributed by atoms with Crippen LogP contribution in [0, 0.1) is 6.92 Å². The molecular weight excluding hydrogens is 266 g/mol. The van der Waals surface area contributed by atoms with E-state index < -0.39 is 0 Å². The van der Waals surface area contributed by atoms with E-state index in [4.69, 9.17) is 5.73 Å². The zero-order chi connectivity index (χ0) is 15.8. The minimum Gasteiger partial charge on any atom is -0.383 e. The summed E-state index contributed by atoms with van der Waals surface area (Å²) in [5.74, 6) is 0.458. The Hall–Kier alpha value is -1.98. The number of nitrogens with zero attached hydrogens (tertiary/aromatic N) is 4. The van der Waals surface area contributed by atoms with Crippen LogP contribution >= 0.6 is 0 Å². The first-order valence-electron chi connectivity index (χ1n) is 7.58. The number of carbonyl (C=O) groups excluding carboxylic acids is 1. The largest absolute Gasteiger partial charge is 0.383 e. The summed E-state index contributed by atoms with van der Waals surface area (Å²) in [6.07, 6.45) is 5.71. The SMILES string of the molecule is CC.CCCC(CCC=O)n1nc(C)c2c(N)ncnc21. The van der Waals surface area contributed by atoms with Crippen LogP contribution in [-0.4, -0.2) is 26.0 Å². The fraction of sp³-hybridized carbons (Fsp3) is 0.600. The van der Waals surface area contributed by atoms with E-state index in [0.29, 0.717) is 12.2 Å². The zero-order valence-electron chi connectivity index (χ0n) is 13.3. The zero-order valence-corrected chi connectivity index (χ0v) is 13.3. The van der Waals surface area contributed by atoms with Crippen LogP contribution in [-0.2, 0) is 4.79 Å². The molecule has 2 aromatic rings. The van der Waals surface area contributed by atoms with Crippen molar-refractivity contribution >= 4 is 23.1 Å². The van der Waals surface area contributed by atoms with Crippen molar-refractivity contribution in [2.24, 2.45) is 0 Å². The number of carbonyl (C=O) groups is 1. The first-order chi connectivity index (χ1) is 10.2. The maximum Gasteiger partial charge on any atom is 0.163 e. The summed E-state index contributed by atoms with van der Waals surface area (Å²) in [6, 6.07) is 0.181. The lowest BCUT2D eigenvalue weighted by Crippen LogP contribution is -2.12. The van der Waals surface area contributed by atoms with Gasteiger partial charge in [0.05, 0.1) is 17.1 Å². The van der Waals surface area contributed by atoms with E-state index in [9.17, 15) is 4.79 Å². The van der Waals surface area contributed by atoms with Crippen LogP contribution in [0.1, 0.15) is 58.2 Å². The van der Waals surface area contributed by atoms with Gasteiger partial charge in [-0.15, -0.1) is 0 Å². The molecule has 0 saturated carbocycles. The molecule has 1 unspecified atom stereocenters. The third-order valence-corrected chi connectivity index (χ3v) is 3.28. The summed E-state index contributed by atoms with van der Waals surface area (Å²) in [4.78, 5) is 18.9. The number of fused-ring (bicyclic) bond motifs is 1. The Balaban J connectivity index is 0.00000106. The van der Waals surface area contributed by atoms with Crippen molar-refractivity contribution in [1.82, 2.24) is 19.7 Å². The minimum absolute atomic E-state index is 0.181. The number of aryl methyl sites for hydroxylation is 1. The van der Waals surface area contributed by atoms with Crippen molar-refractivity contribution in [3.63, 3.8) is 0 Å². The molecule has 1 atom stereocenters. The molecule has 21 heavy (non-hydrogen) atoms. The summed E-state index contributed by atoms with van der Waals surface area (Å²) in [7, 11) is 0. The second kappa shape index (κ2) is 8.34. The maximum atomic E-state index is 10.6. The van der Waals surface area contributed by atoms with Crippen LogP contribution in [0.2, 0.25) is 0 Å². The van der Waals surface area contributed by atoms with Gasteiger partial charge in [0.2, 0.25) is 0 Å². The van der Waals surface area contributed by atoms with Crippen molar-refractivity contribution in [2.45, 2.75) is 59.4 Å². The first-order valence-corrected chi connectivity index (χ1v) is 7.58. The molecule has 116 valence electrons. The Morgan fingerprint density at radius 1 is 1.33 bits per heavy atom. The monoisotopic (exact) mass is 291 g/mol. The molecule has 0 aliphatic rings. The van der Waals surface area contributed by atoms with Crippen molar-refractivity contribution in [3.8, 4) is 0 Å². The van der Waals surface area contributed by atoms with E-state index in [2.05, 4.69) is 22.0 Å². The van der Waals surface area contributed by atoms with E-state index in [1.165, 1.54) is 6.33 Å². The molecule has 2 heterocycles. The molecule has 6 nitrogen and oxygen atoms in total. The van der Waals surface area contributed by atoms with Crippen LogP contribution in [0.3, 0.4) is 0 Å². The third kappa shape index (κ3) is 3.77. The van der Waals surface area contributed by atoms with Crippen LogP contribution in [0.25, 0.3) is 11.0 Å². The van der Waals surface area contributed by atoms with Crippen LogP contribution < -0.4 is 5.73 Å². The molecule has 0 aromatic carbocycles. The lowest BCUT2D eigenvalue weighted by atomic mass is 10.1. The van der Waals surface area contributed by atoms with E-state index in [-0.39, 0.29) is 6.04 Å². The van der Waals surface area contributed by atoms with Crippen LogP contribution in [0.4, 0.5) is 5.82 Å². The molecule has 0 spiro atoms. The molecule has 2 aromatic heterocycles. The summed E-state index contributed by atoms with van der Waals surface area (Å²) < 4.78 is 1.90. The molecule has 6 heteroatoms. The number of aromatic nitrogens is 4. The van der Waals surface area contributed by atoms with Gasteiger partial charge in [-0.2, -0.15) is 5.10 Å². The standard InChI is InChI=1S/C13H19N5O.C2H6/c1-3-5-10(6-4-7-19)18-13-11(9(2)17-18)12(14)15-8-16-13;1-2/h7-8,10H,3-6H2,1-2H3,(H2,14,15,16);1-2H3. The molecule has 0 radical (unpaired) electrons. The number of aldehydes is 1. The summed E-state index contributed by atoms with van der Waals surface area (Å²) in [6.45, 7) is 8.02. The summed E-state index contributed by atoms with van der Waals surface area (Å²) >= 11 is 0. The van der Waals surface area contributed by atoms with Gasteiger partial charge in [0.1, 0.15) is 18.4 Å². The van der Waals surface area contributed by atoms with E-state index in [0.717, 1.165) is 42.3 Å². The van der Waals surface area contributed by atoms with Gasteiger partial charge in [-0.25, -0.2) is 14.6 Å². The Labute approximate surface area is 125 Å². The molecule has 0 amide bonds. The van der Waals surface area contributed by atoms with Gasteiger partial charge in [-0.05, 0) is 19.8 Å². The van der Waals surface area contributed by atoms with Crippen LogP contribution in [0.15, 0.2) is 6.33 Å². The Bertz CT molecular complexity index is 579. The fourth-order valence-electron chi connectivity index (χ4n) is 2.41. The lowest BCUT2D eigenvalue weighted by Gasteiger charge is -2.16. The second-order valence-electron chi connectivity index (χ2n) is 4.67. The molecule has 0 saturated heterocycles. The van der Waals surface area contributed by atoms with E-state index in [1.54, 1.807) is 0 Å². The van der Waals surface area contributed by atoms with Crippen molar-refractivity contribution in [2.75, 3.05) is 5.73 Å². The highest BCUT2D eigenvalue weighted by Crippen LogP contribution is 2.27. The number of anilines is 1. The van der Waals surface area contributed by atoms with Gasteiger partial charge < -0.3 is 10.5 Å². The van der Waals surface area contributed by atoms with Crippen molar-refractivity contribution in [3.05, 3.63) is 12.0 Å². The number of rotatable bonds is 6. The predicted octanol–water partition coefficient (Wildman–Crippen LogP) is 3.06. The van der Waals surface area contributed by atoms with E-state index in [1.807, 2.05) is 25.5 Å². The number of nitrogen functional groups attached to an aromatic ring is 1. The molecule has 0 bridgehead atoms. The molecular formula is C15H25N5O. The molecule has 0 fully saturated rings. The highest BCUT2D eigenvalue weighted by Gasteiger charge is 2.18. The van der Waals surface area contributed by atoms with Crippen molar-refractivity contribution in [1.29, 1.82) is 0 Å². The summed E-state index contributed by atoms with van der Waals surface area (Å²) in [5.41, 5.74) is 7.48. The van der Waals surface area contributed by atoms with Crippen molar-refractivity contribution < 1.29 is 4.79 Å². The number of nitrogens with two attached hydrogens (primary N) is 1. The second-order valence-corrected chi connectivity index (χ2v) is 4.67. The van der Waals surface area contributed by atoms with Gasteiger partial charge >= 0.3 is 0 Å². The summed E-state index contributed by atoms with van der Waals surface area (Å²) in [5, 5.41) is 5.36. The van der Waals surface area contributed by atoms with Gasteiger partial charge in [-0.1, -0.05) is 27.2 Å². The number of hydrogen-bond acceptors (Lipinski definition) is 5. The Morgan fingerprint density at radius 2 is 2.05 bits per heavy atom. The van der Waals surface area contributed by atoms with Crippen LogP contribution in [0.5, 0.6) is 0 Å². The topological polar surface area (TPSA) is 86.7 Å². The molecule has 2 rings (SSSR count). The Kier molecular flexibility index (Phi) is 6.78. The van der Waals surface area contributed by atoms with Gasteiger partial charge in [0.15, 0.2) is 5.65 Å².